The van der Waals surface area contributed by atoms with Gasteiger partial charge in [-0.15, -0.1) is 0 Å². The first-order valence-corrected chi connectivity index (χ1v) is 12.0. The van der Waals surface area contributed by atoms with Gasteiger partial charge in [0.2, 0.25) is 0 Å². The van der Waals surface area contributed by atoms with Crippen molar-refractivity contribution in [2.75, 3.05) is 43.0 Å². The van der Waals surface area contributed by atoms with Gasteiger partial charge < -0.3 is 9.80 Å². The topological polar surface area (TPSA) is 61.2 Å². The van der Waals surface area contributed by atoms with Crippen LogP contribution in [0.2, 0.25) is 0 Å². The molecule has 2 fully saturated rings. The zero-order chi connectivity index (χ0) is 24.0. The van der Waals surface area contributed by atoms with Crippen molar-refractivity contribution in [2.45, 2.75) is 6.92 Å². The van der Waals surface area contributed by atoms with Crippen LogP contribution in [0, 0.1) is 12.7 Å². The number of piperazine rings is 1. The number of pyridine rings is 1. The number of carbonyl (C=O) groups is 1. The van der Waals surface area contributed by atoms with Gasteiger partial charge in [-0.2, -0.15) is 0 Å². The molecule has 0 spiro atoms. The van der Waals surface area contributed by atoms with E-state index in [0.717, 1.165) is 11.3 Å². The number of anilines is 2. The summed E-state index contributed by atoms with van der Waals surface area (Å²) in [6.45, 7) is 4.55. The second-order valence-electron chi connectivity index (χ2n) is 8.23. The summed E-state index contributed by atoms with van der Waals surface area (Å²) in [5.41, 5.74) is 2.56. The predicted octanol–water partition coefficient (Wildman–Crippen LogP) is 3.30. The standard InChI is InChI=1S/C24H22FN5O2S2/c1-15-4-3-9-30-20(15)26-21(18(22(30)31)14-19-23(32)27(2)24(33)34-19)29-12-10-28(11-13-29)17-7-5-16(25)6-8-17/h3-9,14H,10-13H2,1-2H3/b19-14+. The van der Waals surface area contributed by atoms with Gasteiger partial charge in [0.05, 0.1) is 10.5 Å². The van der Waals surface area contributed by atoms with Gasteiger partial charge in [0, 0.05) is 45.1 Å². The lowest BCUT2D eigenvalue weighted by Crippen LogP contribution is -2.47. The monoisotopic (exact) mass is 495 g/mol. The Bertz CT molecular complexity index is 1390. The Kier molecular flexibility index (Phi) is 5.86. The van der Waals surface area contributed by atoms with E-state index in [4.69, 9.17) is 17.2 Å². The molecule has 2 saturated heterocycles. The van der Waals surface area contributed by atoms with Crippen LogP contribution in [-0.4, -0.2) is 57.7 Å². The summed E-state index contributed by atoms with van der Waals surface area (Å²) in [5.74, 6) is 0.0657. The third-order valence-corrected chi connectivity index (χ3v) is 7.58. The van der Waals surface area contributed by atoms with Crippen molar-refractivity contribution >= 4 is 57.4 Å². The molecule has 0 atom stereocenters. The summed E-state index contributed by atoms with van der Waals surface area (Å²) in [4.78, 5) is 37.1. The molecule has 0 N–H and O–H groups in total. The smallest absolute Gasteiger partial charge is 0.267 e. The Morgan fingerprint density at radius 1 is 1.06 bits per heavy atom. The Morgan fingerprint density at radius 2 is 1.74 bits per heavy atom. The molecule has 5 rings (SSSR count). The SMILES string of the molecule is Cc1cccn2c(=O)c(/C=C3/SC(=S)N(C)C3=O)c(N3CCN(c4ccc(F)cc4)CC3)nc12. The summed E-state index contributed by atoms with van der Waals surface area (Å²) in [5, 5.41) is 0. The van der Waals surface area contributed by atoms with Crippen LogP contribution in [0.15, 0.2) is 52.3 Å². The van der Waals surface area contributed by atoms with Gasteiger partial charge in [-0.3, -0.25) is 18.9 Å². The van der Waals surface area contributed by atoms with Gasteiger partial charge in [-0.1, -0.05) is 30.0 Å². The van der Waals surface area contributed by atoms with Gasteiger partial charge in [-0.25, -0.2) is 9.37 Å². The third-order valence-electron chi connectivity index (χ3n) is 6.10. The van der Waals surface area contributed by atoms with Gasteiger partial charge in [0.1, 0.15) is 21.6 Å². The molecular formula is C24H22FN5O2S2. The number of nitrogens with zero attached hydrogens (tertiary/aromatic N) is 5. The number of amides is 1. The Labute approximate surface area is 205 Å². The van der Waals surface area contributed by atoms with Crippen molar-refractivity contribution in [1.29, 1.82) is 0 Å². The van der Waals surface area contributed by atoms with E-state index < -0.39 is 0 Å². The molecule has 1 aromatic carbocycles. The van der Waals surface area contributed by atoms with Crippen LogP contribution < -0.4 is 15.4 Å². The number of thioether (sulfide) groups is 1. The van der Waals surface area contributed by atoms with E-state index in [-0.39, 0.29) is 17.3 Å². The van der Waals surface area contributed by atoms with Crippen LogP contribution in [0.3, 0.4) is 0 Å². The third kappa shape index (κ3) is 3.97. The van der Waals surface area contributed by atoms with E-state index in [1.165, 1.54) is 33.2 Å². The van der Waals surface area contributed by atoms with E-state index in [9.17, 15) is 14.0 Å². The highest BCUT2D eigenvalue weighted by Gasteiger charge is 2.30. The minimum absolute atomic E-state index is 0.226. The number of carbonyl (C=O) groups excluding carboxylic acids is 1. The maximum absolute atomic E-state index is 13.6. The molecule has 10 heteroatoms. The van der Waals surface area contributed by atoms with Gasteiger partial charge in [0.15, 0.2) is 0 Å². The van der Waals surface area contributed by atoms with Crippen LogP contribution in [0.25, 0.3) is 11.7 Å². The second kappa shape index (κ2) is 8.84. The van der Waals surface area contributed by atoms with E-state index >= 15 is 0 Å². The predicted molar refractivity (Wildman–Crippen MR) is 138 cm³/mol. The highest BCUT2D eigenvalue weighted by atomic mass is 32.2. The zero-order valence-corrected chi connectivity index (χ0v) is 20.3. The largest absolute Gasteiger partial charge is 0.368 e. The fourth-order valence-electron chi connectivity index (χ4n) is 4.17. The summed E-state index contributed by atoms with van der Waals surface area (Å²) in [6, 6.07) is 10.2. The van der Waals surface area contributed by atoms with Crippen molar-refractivity contribution in [3.8, 4) is 0 Å². The molecule has 0 aliphatic carbocycles. The maximum atomic E-state index is 13.6. The number of halogens is 1. The van der Waals surface area contributed by atoms with Crippen molar-refractivity contribution in [1.82, 2.24) is 14.3 Å². The maximum Gasteiger partial charge on any atom is 0.267 e. The average molecular weight is 496 g/mol. The summed E-state index contributed by atoms with van der Waals surface area (Å²) >= 11 is 6.44. The average Bonchev–Trinajstić information content (AvgIpc) is 3.08. The fraction of sp³-hybridized carbons (Fsp3) is 0.250. The van der Waals surface area contributed by atoms with Crippen molar-refractivity contribution in [3.63, 3.8) is 0 Å². The van der Waals surface area contributed by atoms with Crippen LogP contribution >= 0.6 is 24.0 Å². The van der Waals surface area contributed by atoms with Gasteiger partial charge >= 0.3 is 0 Å². The Hall–Kier alpha value is -3.24. The molecule has 0 saturated carbocycles. The molecule has 2 aromatic heterocycles. The highest BCUT2D eigenvalue weighted by molar-refractivity contribution is 8.26. The molecular weight excluding hydrogens is 473 g/mol. The van der Waals surface area contributed by atoms with Crippen LogP contribution in [0.1, 0.15) is 11.1 Å². The van der Waals surface area contributed by atoms with Gasteiger partial charge in [-0.05, 0) is 48.9 Å². The number of hydrogen-bond donors (Lipinski definition) is 0. The van der Waals surface area contributed by atoms with E-state index in [1.54, 1.807) is 31.5 Å². The lowest BCUT2D eigenvalue weighted by Gasteiger charge is -2.37. The molecule has 34 heavy (non-hydrogen) atoms. The number of fused-ring (bicyclic) bond motifs is 1. The van der Waals surface area contributed by atoms with Crippen molar-refractivity contribution in [2.24, 2.45) is 0 Å². The first-order valence-electron chi connectivity index (χ1n) is 10.8. The molecule has 7 nitrogen and oxygen atoms in total. The fourth-order valence-corrected chi connectivity index (χ4v) is 5.33. The molecule has 2 aliphatic heterocycles. The Morgan fingerprint density at radius 3 is 2.38 bits per heavy atom. The molecule has 2 aliphatic rings. The molecule has 0 bridgehead atoms. The van der Waals surface area contributed by atoms with Crippen molar-refractivity contribution < 1.29 is 9.18 Å². The summed E-state index contributed by atoms with van der Waals surface area (Å²) < 4.78 is 15.3. The minimum atomic E-state index is -0.263. The van der Waals surface area contributed by atoms with Crippen LogP contribution in [0.4, 0.5) is 15.9 Å². The number of likely N-dealkylation sites (N-methyl/N-ethyl adjacent to an activating group) is 1. The number of aryl methyl sites for hydroxylation is 1. The normalized spacial score (nSPS) is 18.0. The number of hydrogen-bond acceptors (Lipinski definition) is 7. The quantitative estimate of drug-likeness (QED) is 0.408. The van der Waals surface area contributed by atoms with E-state index in [1.807, 2.05) is 19.1 Å². The number of thiocarbonyl (C=S) groups is 1. The molecule has 4 heterocycles. The molecule has 3 aromatic rings. The first kappa shape index (κ1) is 22.5. The van der Waals surface area contributed by atoms with Crippen molar-refractivity contribution in [3.05, 3.63) is 74.8 Å². The van der Waals surface area contributed by atoms with E-state index in [2.05, 4.69) is 9.80 Å². The number of benzene rings is 1. The number of aromatic nitrogens is 2. The lowest BCUT2D eigenvalue weighted by atomic mass is 10.2. The number of rotatable bonds is 3. The van der Waals surface area contributed by atoms with Crippen LogP contribution in [-0.2, 0) is 4.79 Å². The molecule has 0 unspecified atom stereocenters. The van der Waals surface area contributed by atoms with Crippen LogP contribution in [0.5, 0.6) is 0 Å². The summed E-state index contributed by atoms with van der Waals surface area (Å²) in [7, 11) is 1.63. The molecule has 0 radical (unpaired) electrons. The lowest BCUT2D eigenvalue weighted by molar-refractivity contribution is -0.121. The highest BCUT2D eigenvalue weighted by Crippen LogP contribution is 2.33. The zero-order valence-electron chi connectivity index (χ0n) is 18.7. The van der Waals surface area contributed by atoms with Gasteiger partial charge in [0.25, 0.3) is 11.5 Å². The minimum Gasteiger partial charge on any atom is -0.368 e. The molecule has 174 valence electrons. The first-order chi connectivity index (χ1) is 16.3. The Balaban J connectivity index is 1.55. The second-order valence-corrected chi connectivity index (χ2v) is 9.91. The summed E-state index contributed by atoms with van der Waals surface area (Å²) in [6.07, 6.45) is 3.31. The molecule has 1 amide bonds. The van der Waals surface area contributed by atoms with E-state index in [0.29, 0.717) is 52.4 Å².